The number of hydrogen-bond acceptors (Lipinski definition) is 6. The second-order valence-corrected chi connectivity index (χ2v) is 11.4. The second kappa shape index (κ2) is 13.2. The Morgan fingerprint density at radius 3 is 2.30 bits per heavy atom. The lowest BCUT2D eigenvalue weighted by molar-refractivity contribution is -0.148. The van der Waals surface area contributed by atoms with E-state index in [1.165, 1.54) is 4.90 Å². The molecule has 0 unspecified atom stereocenters. The highest BCUT2D eigenvalue weighted by molar-refractivity contribution is 5.93. The summed E-state index contributed by atoms with van der Waals surface area (Å²) in [5, 5.41) is 4.95. The third-order valence-electron chi connectivity index (χ3n) is 6.37. The van der Waals surface area contributed by atoms with Crippen LogP contribution in [0.5, 0.6) is 0 Å². The van der Waals surface area contributed by atoms with Gasteiger partial charge in [-0.1, -0.05) is 0 Å². The van der Waals surface area contributed by atoms with Crippen molar-refractivity contribution in [1.29, 1.82) is 0 Å². The summed E-state index contributed by atoms with van der Waals surface area (Å²) in [7, 11) is 3.50. The molecule has 1 aliphatic heterocycles. The van der Waals surface area contributed by atoms with Crippen molar-refractivity contribution in [2.24, 2.45) is 0 Å². The van der Waals surface area contributed by atoms with E-state index in [9.17, 15) is 40.7 Å². The van der Waals surface area contributed by atoms with Gasteiger partial charge in [-0.2, -0.15) is 13.2 Å². The number of hydrogen-bond donors (Lipinski definition) is 2. The van der Waals surface area contributed by atoms with Crippen LogP contribution < -0.4 is 10.6 Å². The first-order valence-corrected chi connectivity index (χ1v) is 13.4. The number of carbonyl (C=O) groups is 3. The number of nitrogens with zero attached hydrogens (tertiary/aromatic N) is 4. The number of halogens is 6. The normalized spacial score (nSPS) is 14.4. The smallest absolute Gasteiger partial charge is 0.444 e. The number of nitrogens with one attached hydrogen (secondary N) is 2. The van der Waals surface area contributed by atoms with Gasteiger partial charge in [0.2, 0.25) is 11.7 Å². The van der Waals surface area contributed by atoms with Gasteiger partial charge >= 0.3 is 12.3 Å². The minimum atomic E-state index is -4.86. The molecule has 0 radical (unpaired) electrons. The Bertz CT molecular complexity index is 1350. The molecule has 2 aromatic rings. The Labute approximate surface area is 244 Å². The van der Waals surface area contributed by atoms with Gasteiger partial charge in [-0.15, -0.1) is 0 Å². The molecule has 0 spiro atoms. The minimum absolute atomic E-state index is 0.127. The summed E-state index contributed by atoms with van der Waals surface area (Å²) in [4.78, 5) is 45.1. The Kier molecular flexibility index (Phi) is 10.4. The van der Waals surface area contributed by atoms with Crippen molar-refractivity contribution >= 4 is 17.9 Å². The highest BCUT2D eigenvalue weighted by Crippen LogP contribution is 2.32. The van der Waals surface area contributed by atoms with Crippen molar-refractivity contribution in [3.05, 3.63) is 52.4 Å². The number of benzene rings is 1. The molecule has 1 atom stereocenters. The average molecular weight is 621 g/mol. The zero-order valence-corrected chi connectivity index (χ0v) is 24.4. The standard InChI is InChI=1S/C27H34F6N6O4/c1-26(2,3)43-25(42)35-16(10-15-11-18(29)19(30)13-17(15)28)12-21(40)38-8-9-39-20(14-38)22(36-24(39)27(31,32)33)23(41)34-6-7-37(4)5/h11,13,16H,6-10,12,14H2,1-5H3,(H,34,41)(H,35,42)/t16-/m1/s1. The van der Waals surface area contributed by atoms with Crippen LogP contribution in [0.3, 0.4) is 0 Å². The summed E-state index contributed by atoms with van der Waals surface area (Å²) in [5.41, 5.74) is -1.86. The van der Waals surface area contributed by atoms with Crippen LogP contribution in [0.2, 0.25) is 0 Å². The molecule has 0 saturated carbocycles. The number of fused-ring (bicyclic) bond motifs is 1. The lowest BCUT2D eigenvalue weighted by atomic mass is 10.0. The zero-order chi connectivity index (χ0) is 32.3. The van der Waals surface area contributed by atoms with Gasteiger partial charge in [0, 0.05) is 44.7 Å². The van der Waals surface area contributed by atoms with Gasteiger partial charge in [-0.3, -0.25) is 9.59 Å². The molecule has 0 bridgehead atoms. The van der Waals surface area contributed by atoms with Gasteiger partial charge in [0.05, 0.1) is 12.2 Å². The van der Waals surface area contributed by atoms with Gasteiger partial charge in [0.1, 0.15) is 11.4 Å². The van der Waals surface area contributed by atoms with E-state index in [0.717, 1.165) is 4.57 Å². The van der Waals surface area contributed by atoms with Crippen LogP contribution in [0.15, 0.2) is 12.1 Å². The van der Waals surface area contributed by atoms with Crippen molar-refractivity contribution in [1.82, 2.24) is 30.0 Å². The van der Waals surface area contributed by atoms with E-state index in [1.807, 2.05) is 0 Å². The maximum absolute atomic E-state index is 14.4. The van der Waals surface area contributed by atoms with Crippen LogP contribution in [0.4, 0.5) is 31.1 Å². The summed E-state index contributed by atoms with van der Waals surface area (Å²) >= 11 is 0. The molecular formula is C27H34F6N6O4. The summed E-state index contributed by atoms with van der Waals surface area (Å²) in [6.07, 6.45) is -6.75. The van der Waals surface area contributed by atoms with Crippen LogP contribution in [0.25, 0.3) is 0 Å². The fourth-order valence-electron chi connectivity index (χ4n) is 4.43. The summed E-state index contributed by atoms with van der Waals surface area (Å²) < 4.78 is 89.0. The average Bonchev–Trinajstić information content (AvgIpc) is 3.25. The number of ether oxygens (including phenoxy) is 1. The van der Waals surface area contributed by atoms with E-state index in [1.54, 1.807) is 39.8 Å². The monoisotopic (exact) mass is 620 g/mol. The van der Waals surface area contributed by atoms with E-state index in [2.05, 4.69) is 15.6 Å². The molecule has 10 nitrogen and oxygen atoms in total. The van der Waals surface area contributed by atoms with E-state index in [0.29, 0.717) is 18.7 Å². The number of alkyl carbamates (subject to hydrolysis) is 1. The first kappa shape index (κ1) is 33.7. The third kappa shape index (κ3) is 9.08. The number of likely N-dealkylation sites (N-methyl/N-ethyl adjacent to an activating group) is 1. The second-order valence-electron chi connectivity index (χ2n) is 11.4. The Hall–Kier alpha value is -3.82. The van der Waals surface area contributed by atoms with Crippen LogP contribution in [0.1, 0.15) is 54.8 Å². The SMILES string of the molecule is CN(C)CCNC(=O)c1nc(C(F)(F)F)n2c1CN(C(=O)C[C@@H](Cc1cc(F)c(F)cc1F)NC(=O)OC(C)(C)C)CC2. The van der Waals surface area contributed by atoms with Crippen LogP contribution in [-0.4, -0.2) is 82.6 Å². The summed E-state index contributed by atoms with van der Waals surface area (Å²) in [5.74, 6) is -6.63. The van der Waals surface area contributed by atoms with Gasteiger partial charge in [-0.25, -0.2) is 22.9 Å². The molecule has 1 aromatic heterocycles. The number of rotatable bonds is 9. The van der Waals surface area contributed by atoms with E-state index < -0.39 is 84.1 Å². The van der Waals surface area contributed by atoms with Crippen LogP contribution in [0, 0.1) is 17.5 Å². The molecule has 0 fully saturated rings. The van der Waals surface area contributed by atoms with Gasteiger partial charge in [0.15, 0.2) is 17.3 Å². The summed E-state index contributed by atoms with van der Waals surface area (Å²) in [6, 6.07) is -0.224. The Morgan fingerprint density at radius 2 is 1.70 bits per heavy atom. The molecule has 1 aliphatic rings. The lowest BCUT2D eigenvalue weighted by Crippen LogP contribution is -2.46. The molecule has 16 heteroatoms. The Balaban J connectivity index is 1.85. The van der Waals surface area contributed by atoms with E-state index in [-0.39, 0.29) is 30.9 Å². The number of amides is 3. The number of aromatic nitrogens is 2. The van der Waals surface area contributed by atoms with Crippen LogP contribution >= 0.6 is 0 Å². The zero-order valence-electron chi connectivity index (χ0n) is 24.4. The van der Waals surface area contributed by atoms with Crippen molar-refractivity contribution in [3.63, 3.8) is 0 Å². The first-order chi connectivity index (χ1) is 19.9. The molecule has 2 heterocycles. The molecule has 0 saturated heterocycles. The molecule has 1 aromatic carbocycles. The molecule has 2 N–H and O–H groups in total. The van der Waals surface area contributed by atoms with Crippen molar-refractivity contribution in [2.75, 3.05) is 33.7 Å². The molecule has 3 amide bonds. The van der Waals surface area contributed by atoms with Crippen molar-refractivity contribution in [2.45, 2.75) is 64.5 Å². The van der Waals surface area contributed by atoms with Crippen molar-refractivity contribution < 1.29 is 45.5 Å². The van der Waals surface area contributed by atoms with Crippen LogP contribution in [-0.2, 0) is 35.2 Å². The number of carbonyl (C=O) groups excluding carboxylic acids is 3. The highest BCUT2D eigenvalue weighted by atomic mass is 19.4. The summed E-state index contributed by atoms with van der Waals surface area (Å²) in [6.45, 7) is 4.40. The minimum Gasteiger partial charge on any atom is -0.444 e. The highest BCUT2D eigenvalue weighted by Gasteiger charge is 2.42. The molecule has 43 heavy (non-hydrogen) atoms. The predicted molar refractivity (Wildman–Crippen MR) is 141 cm³/mol. The quantitative estimate of drug-likeness (QED) is 0.329. The van der Waals surface area contributed by atoms with Gasteiger partial charge < -0.3 is 29.7 Å². The number of imidazole rings is 1. The van der Waals surface area contributed by atoms with E-state index in [4.69, 9.17) is 4.74 Å². The van der Waals surface area contributed by atoms with E-state index >= 15 is 0 Å². The fourth-order valence-corrected chi connectivity index (χ4v) is 4.43. The lowest BCUT2D eigenvalue weighted by Gasteiger charge is -2.31. The van der Waals surface area contributed by atoms with Gasteiger partial charge in [0.25, 0.3) is 5.91 Å². The molecule has 3 rings (SSSR count). The maximum atomic E-state index is 14.4. The molecular weight excluding hydrogens is 586 g/mol. The Morgan fingerprint density at radius 1 is 1.05 bits per heavy atom. The maximum Gasteiger partial charge on any atom is 0.449 e. The topological polar surface area (TPSA) is 109 Å². The largest absolute Gasteiger partial charge is 0.449 e. The predicted octanol–water partition coefficient (Wildman–Crippen LogP) is 3.48. The fraction of sp³-hybridized carbons (Fsp3) is 0.556. The molecule has 238 valence electrons. The van der Waals surface area contributed by atoms with Crippen molar-refractivity contribution in [3.8, 4) is 0 Å². The van der Waals surface area contributed by atoms with Gasteiger partial charge in [-0.05, 0) is 52.9 Å². The third-order valence-corrected chi connectivity index (χ3v) is 6.37. The first-order valence-electron chi connectivity index (χ1n) is 13.4. The number of alkyl halides is 3. The molecule has 0 aliphatic carbocycles.